The number of amides is 3. The van der Waals surface area contributed by atoms with Crippen molar-refractivity contribution in [1.29, 1.82) is 0 Å². The van der Waals surface area contributed by atoms with Crippen molar-refractivity contribution in [3.63, 3.8) is 0 Å². The van der Waals surface area contributed by atoms with E-state index in [9.17, 15) is 75.7 Å². The molecule has 0 radical (unpaired) electrons. The van der Waals surface area contributed by atoms with Crippen molar-refractivity contribution in [1.82, 2.24) is 16.0 Å². The molecule has 0 saturated carbocycles. The average Bonchev–Trinajstić information content (AvgIpc) is 3.24. The van der Waals surface area contributed by atoms with Gasteiger partial charge in [0.15, 0.2) is 18.7 Å². The molecule has 21 nitrogen and oxygen atoms in total. The summed E-state index contributed by atoms with van der Waals surface area (Å²) in [6.07, 6.45) is -23.7. The van der Waals surface area contributed by atoms with Crippen LogP contribution in [0.2, 0.25) is 0 Å². The molecule has 3 aromatic rings. The molecule has 3 rings (SSSR count). The van der Waals surface area contributed by atoms with E-state index in [1.54, 1.807) is 36.4 Å². The van der Waals surface area contributed by atoms with Gasteiger partial charge in [0.2, 0.25) is 0 Å². The summed E-state index contributed by atoms with van der Waals surface area (Å²) in [6, 6.07) is 17.5. The minimum atomic E-state index is -2.06. The van der Waals surface area contributed by atoms with Crippen LogP contribution in [0.5, 0.6) is 0 Å². The van der Waals surface area contributed by atoms with Gasteiger partial charge < -0.3 is 92.5 Å². The number of hydrogen-bond donors (Lipinski definition) is 18. The predicted molar refractivity (Wildman–Crippen MR) is 201 cm³/mol. The Kier molecular flexibility index (Phi) is 18.6. The number of benzene rings is 3. The molecule has 12 unspecified atom stereocenters. The molecule has 0 aliphatic heterocycles. The summed E-state index contributed by atoms with van der Waals surface area (Å²) in [7, 11) is -1.59. The topological polar surface area (TPSA) is 391 Å². The lowest BCUT2D eigenvalue weighted by atomic mass is 10.1. The number of aliphatic hydroxyl groups is 15. The highest BCUT2D eigenvalue weighted by Crippen LogP contribution is 2.33. The second-order valence-corrected chi connectivity index (χ2v) is 15.1. The van der Waals surface area contributed by atoms with E-state index in [-0.39, 0.29) is 16.7 Å². The van der Waals surface area contributed by atoms with Crippen LogP contribution in [0.1, 0.15) is 31.1 Å². The lowest BCUT2D eigenvalue weighted by Gasteiger charge is -2.26. The first-order chi connectivity index (χ1) is 27.4. The molecule has 0 spiro atoms. The molecule has 58 heavy (non-hydrogen) atoms. The van der Waals surface area contributed by atoms with Crippen LogP contribution in [0.15, 0.2) is 72.8 Å². The molecule has 0 aliphatic rings. The minimum Gasteiger partial charge on any atom is -0.394 e. The highest BCUT2D eigenvalue weighted by molar-refractivity contribution is 7.79. The van der Waals surface area contributed by atoms with Crippen molar-refractivity contribution in [2.24, 2.45) is 0 Å². The van der Waals surface area contributed by atoms with Gasteiger partial charge in [-0.05, 0) is 60.2 Å². The lowest BCUT2D eigenvalue weighted by Crippen LogP contribution is -2.52. The first-order valence-corrected chi connectivity index (χ1v) is 18.7. The number of aliphatic hydroxyl groups excluding tert-OH is 15. The monoisotopic (exact) mass is 841 g/mol. The van der Waals surface area contributed by atoms with E-state index in [2.05, 4.69) is 16.0 Å². The van der Waals surface area contributed by atoms with E-state index in [0.29, 0.717) is 15.9 Å². The summed E-state index contributed by atoms with van der Waals surface area (Å²) in [4.78, 5) is 38.6. The number of rotatable bonds is 21. The van der Waals surface area contributed by atoms with Crippen molar-refractivity contribution in [2.75, 3.05) is 19.8 Å². The fourth-order valence-corrected chi connectivity index (χ4v) is 7.45. The van der Waals surface area contributed by atoms with Crippen LogP contribution in [-0.4, -0.2) is 188 Å². The SMILES string of the molecule is O=C(NC(O)C(O)C(O)C(O)CO)c1ccc(P(c2ccc(C(=O)NC(O)C(O)C(O)C(O)CO)cc2)c2ccc(C(=O)NC(O)C(O)C(O)C(O)CO)cc2)cc1. The Bertz CT molecular complexity index is 1550. The molecule has 0 saturated heterocycles. The van der Waals surface area contributed by atoms with Gasteiger partial charge in [-0.15, -0.1) is 0 Å². The Morgan fingerprint density at radius 2 is 0.586 bits per heavy atom. The summed E-state index contributed by atoms with van der Waals surface area (Å²) >= 11 is 0. The third-order valence-electron chi connectivity index (χ3n) is 8.76. The molecule has 18 N–H and O–H groups in total. The molecule has 0 heterocycles. The first kappa shape index (κ1) is 48.3. The smallest absolute Gasteiger partial charge is 0.253 e. The predicted octanol–water partition coefficient (Wildman–Crippen LogP) is -8.19. The fourth-order valence-electron chi connectivity index (χ4n) is 5.21. The number of carbonyl (C=O) groups is 3. The second-order valence-electron chi connectivity index (χ2n) is 12.9. The largest absolute Gasteiger partial charge is 0.394 e. The Balaban J connectivity index is 1.91. The number of hydrogen-bond acceptors (Lipinski definition) is 18. The zero-order valence-corrected chi connectivity index (χ0v) is 31.3. The van der Waals surface area contributed by atoms with E-state index in [4.69, 9.17) is 15.3 Å². The Morgan fingerprint density at radius 1 is 0.379 bits per heavy atom. The Labute approximate surface area is 331 Å². The standard InChI is InChI=1S/C36H48N3O18P/c40-13-22(43)25(46)28(49)34(55)37-31(52)16-1-7-19(8-2-16)58(20-9-3-17(4-10-20)32(53)38-35(56)29(50)26(47)23(44)14-41)21-11-5-18(6-12-21)33(54)39-36(57)30(51)27(48)24(45)15-42/h1-12,22-30,34-36,40-51,55-57H,13-15H2,(H,37,52)(H,38,53)(H,39,54). The molecule has 12 atom stereocenters. The number of carbonyl (C=O) groups excluding carboxylic acids is 3. The average molecular weight is 842 g/mol. The van der Waals surface area contributed by atoms with Crippen LogP contribution in [-0.2, 0) is 0 Å². The van der Waals surface area contributed by atoms with Crippen LogP contribution in [0, 0.1) is 0 Å². The maximum atomic E-state index is 12.9. The van der Waals surface area contributed by atoms with E-state index in [1.165, 1.54) is 36.4 Å². The van der Waals surface area contributed by atoms with Crippen molar-refractivity contribution >= 4 is 41.6 Å². The minimum absolute atomic E-state index is 0.0177. The van der Waals surface area contributed by atoms with Gasteiger partial charge in [0.1, 0.15) is 54.9 Å². The van der Waals surface area contributed by atoms with E-state index >= 15 is 0 Å². The lowest BCUT2D eigenvalue weighted by molar-refractivity contribution is -0.119. The van der Waals surface area contributed by atoms with Gasteiger partial charge in [-0.3, -0.25) is 14.4 Å². The van der Waals surface area contributed by atoms with Gasteiger partial charge >= 0.3 is 0 Å². The third kappa shape index (κ3) is 12.5. The van der Waals surface area contributed by atoms with Gasteiger partial charge in [-0.2, -0.15) is 0 Å². The number of nitrogens with one attached hydrogen (secondary N) is 3. The van der Waals surface area contributed by atoms with Crippen molar-refractivity contribution in [2.45, 2.75) is 73.6 Å². The molecular formula is C36H48N3O18P. The van der Waals surface area contributed by atoms with Crippen molar-refractivity contribution in [3.8, 4) is 0 Å². The Hall–Kier alpha value is -4.10. The summed E-state index contributed by atoms with van der Waals surface area (Å²) in [5, 5.41) is 154. The van der Waals surface area contributed by atoms with Crippen LogP contribution >= 0.6 is 7.92 Å². The quantitative estimate of drug-likeness (QED) is 0.0350. The molecule has 3 aromatic carbocycles. The van der Waals surface area contributed by atoms with Gasteiger partial charge in [0.05, 0.1) is 19.8 Å². The van der Waals surface area contributed by atoms with E-state index in [0.717, 1.165) is 0 Å². The van der Waals surface area contributed by atoms with Gasteiger partial charge in [-0.25, -0.2) is 0 Å². The summed E-state index contributed by atoms with van der Waals surface area (Å²) in [6.45, 7) is -2.79. The highest BCUT2D eigenvalue weighted by atomic mass is 31.1. The molecule has 320 valence electrons. The Morgan fingerprint density at radius 3 is 0.776 bits per heavy atom. The zero-order valence-electron chi connectivity index (χ0n) is 30.4. The molecule has 0 aromatic heterocycles. The van der Waals surface area contributed by atoms with Gasteiger partial charge in [-0.1, -0.05) is 36.4 Å². The van der Waals surface area contributed by atoms with Crippen molar-refractivity contribution in [3.05, 3.63) is 89.5 Å². The molecule has 3 amide bonds. The van der Waals surface area contributed by atoms with Crippen molar-refractivity contribution < 1.29 is 91.0 Å². The summed E-state index contributed by atoms with van der Waals surface area (Å²) < 4.78 is 0. The molecule has 0 fully saturated rings. The molecule has 0 bridgehead atoms. The second kappa shape index (κ2) is 22.3. The normalized spacial score (nSPS) is 18.5. The maximum Gasteiger partial charge on any atom is 0.253 e. The highest BCUT2D eigenvalue weighted by Gasteiger charge is 2.33. The van der Waals surface area contributed by atoms with Gasteiger partial charge in [0, 0.05) is 16.7 Å². The van der Waals surface area contributed by atoms with Crippen LogP contribution < -0.4 is 31.9 Å². The summed E-state index contributed by atoms with van der Waals surface area (Å²) in [5.74, 6) is -2.68. The van der Waals surface area contributed by atoms with E-state index in [1.807, 2.05) is 0 Å². The maximum absolute atomic E-state index is 12.9. The molecule has 0 aliphatic carbocycles. The molecule has 22 heteroatoms. The molecular weight excluding hydrogens is 793 g/mol. The van der Waals surface area contributed by atoms with Crippen LogP contribution in [0.25, 0.3) is 0 Å². The summed E-state index contributed by atoms with van der Waals surface area (Å²) in [5.41, 5.74) is -0.0530. The van der Waals surface area contributed by atoms with Crippen LogP contribution in [0.3, 0.4) is 0 Å². The fraction of sp³-hybridized carbons (Fsp3) is 0.417. The van der Waals surface area contributed by atoms with Crippen LogP contribution in [0.4, 0.5) is 0 Å². The zero-order chi connectivity index (χ0) is 43.4. The first-order valence-electron chi connectivity index (χ1n) is 17.4. The van der Waals surface area contributed by atoms with Gasteiger partial charge in [0.25, 0.3) is 17.7 Å². The van der Waals surface area contributed by atoms with E-state index < -0.39 is 119 Å². The third-order valence-corrected chi connectivity index (χ3v) is 11.2.